The molecule has 5 rings (SSSR count). The normalized spacial score (nSPS) is 24.9. The van der Waals surface area contributed by atoms with Crippen molar-refractivity contribution in [3.63, 3.8) is 0 Å². The molecule has 1 N–H and O–H groups in total. The van der Waals surface area contributed by atoms with E-state index in [9.17, 15) is 0 Å². The molecule has 7 heteroatoms. The zero-order valence-electron chi connectivity index (χ0n) is 15.3. The van der Waals surface area contributed by atoms with Crippen molar-refractivity contribution in [1.29, 1.82) is 0 Å². The van der Waals surface area contributed by atoms with Gasteiger partial charge in [0.1, 0.15) is 12.7 Å². The van der Waals surface area contributed by atoms with E-state index in [1.54, 1.807) is 17.1 Å². The Balaban J connectivity index is 1.40. The van der Waals surface area contributed by atoms with Gasteiger partial charge < -0.3 is 14.8 Å². The minimum absolute atomic E-state index is 0.0416. The van der Waals surface area contributed by atoms with Gasteiger partial charge >= 0.3 is 0 Å². The first kappa shape index (κ1) is 16.6. The van der Waals surface area contributed by atoms with Crippen LogP contribution in [0, 0.1) is 0 Å². The third-order valence-electron chi connectivity index (χ3n) is 5.40. The van der Waals surface area contributed by atoms with Crippen molar-refractivity contribution in [2.24, 2.45) is 7.05 Å². The first-order chi connectivity index (χ1) is 13.3. The van der Waals surface area contributed by atoms with Crippen LogP contribution in [-0.4, -0.2) is 51.1 Å². The number of fused-ring (bicyclic) bond motifs is 2. The van der Waals surface area contributed by atoms with Crippen LogP contribution in [0.2, 0.25) is 0 Å². The smallest absolute Gasteiger partial charge is 0.223 e. The zero-order chi connectivity index (χ0) is 18.2. The van der Waals surface area contributed by atoms with E-state index in [1.165, 1.54) is 12.8 Å². The van der Waals surface area contributed by atoms with Gasteiger partial charge in [-0.25, -0.2) is 4.98 Å². The Kier molecular flexibility index (Phi) is 4.26. The van der Waals surface area contributed by atoms with Gasteiger partial charge in [0.15, 0.2) is 0 Å². The molecule has 3 atom stereocenters. The van der Waals surface area contributed by atoms with Crippen molar-refractivity contribution in [2.75, 3.05) is 13.2 Å². The number of aryl methyl sites for hydroxylation is 1. The fraction of sp³-hybridized carbons (Fsp3) is 0.450. The van der Waals surface area contributed by atoms with Crippen LogP contribution in [0.25, 0.3) is 22.2 Å². The predicted octanol–water partition coefficient (Wildman–Crippen LogP) is 2.32. The highest BCUT2D eigenvalue weighted by Crippen LogP contribution is 2.29. The third-order valence-corrected chi connectivity index (χ3v) is 5.40. The summed E-state index contributed by atoms with van der Waals surface area (Å²) in [5, 5.41) is 8.75. The topological polar surface area (TPSA) is 74.1 Å². The number of hydrogen-bond acceptors (Lipinski definition) is 6. The number of ether oxygens (including phenoxy) is 2. The van der Waals surface area contributed by atoms with Crippen LogP contribution in [0.5, 0.6) is 5.88 Å². The van der Waals surface area contributed by atoms with Crippen molar-refractivity contribution in [1.82, 2.24) is 25.1 Å². The molecular weight excluding hydrogens is 342 g/mol. The first-order valence-corrected chi connectivity index (χ1v) is 9.53. The molecule has 3 aromatic rings. The highest BCUT2D eigenvalue weighted by molar-refractivity contribution is 5.86. The maximum Gasteiger partial charge on any atom is 0.223 e. The molecule has 3 aromatic heterocycles. The van der Waals surface area contributed by atoms with Crippen molar-refractivity contribution in [2.45, 2.75) is 37.5 Å². The van der Waals surface area contributed by atoms with Crippen LogP contribution < -0.4 is 10.1 Å². The molecule has 1 saturated carbocycles. The second kappa shape index (κ2) is 6.90. The molecular formula is C20H23N5O2. The van der Waals surface area contributed by atoms with Crippen molar-refractivity contribution in [3.8, 4) is 17.1 Å². The van der Waals surface area contributed by atoms with E-state index in [-0.39, 0.29) is 6.10 Å². The number of pyridine rings is 2. The molecule has 0 unspecified atom stereocenters. The summed E-state index contributed by atoms with van der Waals surface area (Å²) in [5.41, 5.74) is 2.61. The maximum atomic E-state index is 6.22. The number of hydrogen-bond donors (Lipinski definition) is 1. The molecule has 2 fully saturated rings. The Morgan fingerprint density at radius 2 is 2.33 bits per heavy atom. The van der Waals surface area contributed by atoms with E-state index in [1.807, 2.05) is 31.4 Å². The van der Waals surface area contributed by atoms with Crippen LogP contribution in [0.1, 0.15) is 19.3 Å². The zero-order valence-corrected chi connectivity index (χ0v) is 15.3. The highest BCUT2D eigenvalue weighted by atomic mass is 16.5. The Morgan fingerprint density at radius 3 is 3.22 bits per heavy atom. The highest BCUT2D eigenvalue weighted by Gasteiger charge is 2.34. The number of morpholine rings is 1. The Bertz CT molecular complexity index is 956. The molecule has 0 bridgehead atoms. The van der Waals surface area contributed by atoms with Gasteiger partial charge in [-0.3, -0.25) is 9.67 Å². The SMILES string of the molecule is Cn1cc(-c2cc3ncccc3c(OC[C@@H]3CN[C@H]4CCC[C@H]4O3)n2)cn1. The van der Waals surface area contributed by atoms with Gasteiger partial charge in [0, 0.05) is 37.6 Å². The first-order valence-electron chi connectivity index (χ1n) is 9.53. The lowest BCUT2D eigenvalue weighted by Crippen LogP contribution is -2.51. The van der Waals surface area contributed by atoms with Gasteiger partial charge in [-0.1, -0.05) is 0 Å². The predicted molar refractivity (Wildman–Crippen MR) is 102 cm³/mol. The molecule has 27 heavy (non-hydrogen) atoms. The summed E-state index contributed by atoms with van der Waals surface area (Å²) in [7, 11) is 1.89. The van der Waals surface area contributed by atoms with Gasteiger partial charge in [-0.15, -0.1) is 0 Å². The molecule has 0 aromatic carbocycles. The maximum absolute atomic E-state index is 6.22. The van der Waals surface area contributed by atoms with Gasteiger partial charge in [0.2, 0.25) is 5.88 Å². The number of nitrogens with zero attached hydrogens (tertiary/aromatic N) is 4. The standard InChI is InChI=1S/C20H23N5O2/c1-25-11-13(9-23-25)17-8-18-15(4-3-7-21-18)20(24-17)26-12-14-10-22-16-5-2-6-19(16)27-14/h3-4,7-9,11,14,16,19,22H,2,5-6,10,12H2,1H3/t14-,16-,19+/m0/s1. The fourth-order valence-electron chi connectivity index (χ4n) is 4.03. The van der Waals surface area contributed by atoms with E-state index in [4.69, 9.17) is 14.5 Å². The summed E-state index contributed by atoms with van der Waals surface area (Å²) in [6.07, 6.45) is 9.47. The van der Waals surface area contributed by atoms with Gasteiger partial charge in [0.05, 0.1) is 28.9 Å². The lowest BCUT2D eigenvalue weighted by molar-refractivity contribution is -0.0680. The average molecular weight is 365 g/mol. The molecule has 140 valence electrons. The van der Waals surface area contributed by atoms with Gasteiger partial charge in [-0.2, -0.15) is 5.10 Å². The van der Waals surface area contributed by atoms with Crippen molar-refractivity contribution >= 4 is 10.9 Å². The monoisotopic (exact) mass is 365 g/mol. The van der Waals surface area contributed by atoms with Crippen LogP contribution in [-0.2, 0) is 11.8 Å². The lowest BCUT2D eigenvalue weighted by Gasteiger charge is -2.33. The van der Waals surface area contributed by atoms with Gasteiger partial charge in [0.25, 0.3) is 0 Å². The Morgan fingerprint density at radius 1 is 1.37 bits per heavy atom. The van der Waals surface area contributed by atoms with Crippen LogP contribution in [0.15, 0.2) is 36.8 Å². The molecule has 1 aliphatic heterocycles. The second-order valence-corrected chi connectivity index (χ2v) is 7.34. The van der Waals surface area contributed by atoms with Crippen LogP contribution in [0.4, 0.5) is 0 Å². The average Bonchev–Trinajstić information content (AvgIpc) is 3.34. The Hall–Kier alpha value is -2.51. The molecule has 0 radical (unpaired) electrons. The minimum atomic E-state index is 0.0416. The Labute approximate surface area is 157 Å². The third kappa shape index (κ3) is 3.28. The molecule has 0 amide bonds. The largest absolute Gasteiger partial charge is 0.474 e. The molecule has 4 heterocycles. The summed E-state index contributed by atoms with van der Waals surface area (Å²) in [4.78, 5) is 9.23. The number of aromatic nitrogens is 4. The molecule has 1 saturated heterocycles. The quantitative estimate of drug-likeness (QED) is 0.765. The molecule has 0 spiro atoms. The summed E-state index contributed by atoms with van der Waals surface area (Å²) in [6.45, 7) is 1.29. The summed E-state index contributed by atoms with van der Waals surface area (Å²) < 4.78 is 14.1. The molecule has 1 aliphatic carbocycles. The van der Waals surface area contributed by atoms with Crippen LogP contribution in [0.3, 0.4) is 0 Å². The summed E-state index contributed by atoms with van der Waals surface area (Å²) >= 11 is 0. The van der Waals surface area contributed by atoms with Crippen molar-refractivity contribution in [3.05, 3.63) is 36.8 Å². The van der Waals surface area contributed by atoms with E-state index in [0.29, 0.717) is 24.6 Å². The van der Waals surface area contributed by atoms with E-state index in [2.05, 4.69) is 15.4 Å². The number of rotatable bonds is 4. The minimum Gasteiger partial charge on any atom is -0.474 e. The summed E-state index contributed by atoms with van der Waals surface area (Å²) in [5.74, 6) is 0.594. The summed E-state index contributed by atoms with van der Waals surface area (Å²) in [6, 6.07) is 6.38. The van der Waals surface area contributed by atoms with Crippen LogP contribution >= 0.6 is 0 Å². The second-order valence-electron chi connectivity index (χ2n) is 7.34. The lowest BCUT2D eigenvalue weighted by atomic mass is 10.1. The van der Waals surface area contributed by atoms with E-state index < -0.39 is 0 Å². The number of nitrogens with one attached hydrogen (secondary N) is 1. The van der Waals surface area contributed by atoms with E-state index in [0.717, 1.165) is 35.1 Å². The fourth-order valence-corrected chi connectivity index (χ4v) is 4.03. The van der Waals surface area contributed by atoms with Gasteiger partial charge in [-0.05, 0) is 37.5 Å². The van der Waals surface area contributed by atoms with E-state index >= 15 is 0 Å². The molecule has 2 aliphatic rings. The van der Waals surface area contributed by atoms with Crippen molar-refractivity contribution < 1.29 is 9.47 Å². The molecule has 7 nitrogen and oxygen atoms in total.